The van der Waals surface area contributed by atoms with E-state index in [0.717, 1.165) is 0 Å². The second-order valence-corrected chi connectivity index (χ2v) is 14.4. The summed E-state index contributed by atoms with van der Waals surface area (Å²) in [4.78, 5) is 0. The SMILES string of the molecule is CC(C)c1ccc(-c2c3cc4c5ccccc5c5cccc(c3c(-c3ccc(C(C)C)cc3)c3c6cccc7cccc(c23)c76)c54)cc1. The molecule has 0 radical (unpaired) electrons. The van der Waals surface area contributed by atoms with Gasteiger partial charge < -0.3 is 0 Å². The molecule has 228 valence electrons. The second kappa shape index (κ2) is 10.0. The summed E-state index contributed by atoms with van der Waals surface area (Å²) in [6, 6.07) is 51.1. The van der Waals surface area contributed by atoms with E-state index in [-0.39, 0.29) is 0 Å². The zero-order chi connectivity index (χ0) is 32.3. The van der Waals surface area contributed by atoms with Crippen LogP contribution in [0.25, 0.3) is 97.7 Å². The third-order valence-electron chi connectivity index (χ3n) is 11.1. The van der Waals surface area contributed by atoms with Gasteiger partial charge >= 0.3 is 0 Å². The quantitative estimate of drug-likeness (QED) is 0.173. The summed E-state index contributed by atoms with van der Waals surface area (Å²) in [5.41, 5.74) is 7.99. The Hall–Kier alpha value is -5.46. The Morgan fingerprint density at radius 1 is 0.312 bits per heavy atom. The van der Waals surface area contributed by atoms with E-state index in [1.54, 1.807) is 0 Å². The zero-order valence-corrected chi connectivity index (χ0v) is 27.9. The average Bonchev–Trinajstić information content (AvgIpc) is 3.62. The Kier molecular flexibility index (Phi) is 5.77. The molecule has 0 aliphatic heterocycles. The summed E-state index contributed by atoms with van der Waals surface area (Å²) < 4.78 is 0. The highest BCUT2D eigenvalue weighted by molar-refractivity contribution is 6.44. The largest absolute Gasteiger partial charge is 0.0616 e. The summed E-state index contributed by atoms with van der Waals surface area (Å²) >= 11 is 0. The van der Waals surface area contributed by atoms with E-state index in [2.05, 4.69) is 161 Å². The van der Waals surface area contributed by atoms with Crippen LogP contribution in [0.4, 0.5) is 0 Å². The van der Waals surface area contributed by atoms with Crippen LogP contribution in [-0.2, 0) is 0 Å². The van der Waals surface area contributed by atoms with Gasteiger partial charge in [-0.25, -0.2) is 0 Å². The van der Waals surface area contributed by atoms with Crippen molar-refractivity contribution in [2.24, 2.45) is 0 Å². The first-order valence-corrected chi connectivity index (χ1v) is 17.4. The van der Waals surface area contributed by atoms with E-state index in [0.29, 0.717) is 11.8 Å². The van der Waals surface area contributed by atoms with E-state index >= 15 is 0 Å². The molecule has 0 aliphatic rings. The van der Waals surface area contributed by atoms with Gasteiger partial charge in [0.25, 0.3) is 0 Å². The molecule has 0 bridgehead atoms. The molecule has 0 nitrogen and oxygen atoms in total. The van der Waals surface area contributed by atoms with Gasteiger partial charge in [0.15, 0.2) is 0 Å². The standard InChI is InChI=1S/C48H36/c1-27(2)29-18-22-32(23-19-29)43-41-26-40-35-13-6-5-12-34(35)36-14-9-17-39(45(36)40)46(41)44(33-24-20-30(21-25-33)28(3)4)48-38-16-8-11-31-10-7-15-37(42(31)38)47(43)48/h5-28H,1-4H3. The van der Waals surface area contributed by atoms with Crippen LogP contribution in [0.2, 0.25) is 0 Å². The molecule has 0 saturated carbocycles. The van der Waals surface area contributed by atoms with Crippen molar-refractivity contribution in [2.45, 2.75) is 39.5 Å². The smallest absolute Gasteiger partial charge is 0.000719 e. The van der Waals surface area contributed by atoms with Gasteiger partial charge in [0.05, 0.1) is 0 Å². The minimum absolute atomic E-state index is 0.481. The van der Waals surface area contributed by atoms with Crippen molar-refractivity contribution in [1.29, 1.82) is 0 Å². The molecule has 0 heteroatoms. The van der Waals surface area contributed by atoms with Crippen molar-refractivity contribution in [3.05, 3.63) is 145 Å². The second-order valence-electron chi connectivity index (χ2n) is 14.4. The highest BCUT2D eigenvalue weighted by Crippen LogP contribution is 2.54. The molecule has 0 unspecified atom stereocenters. The Morgan fingerprint density at radius 3 is 1.35 bits per heavy atom. The fourth-order valence-corrected chi connectivity index (χ4v) is 8.80. The van der Waals surface area contributed by atoms with Crippen molar-refractivity contribution in [2.75, 3.05) is 0 Å². The molecule has 0 heterocycles. The molecule has 0 spiro atoms. The monoisotopic (exact) mass is 612 g/mol. The first-order valence-electron chi connectivity index (χ1n) is 17.4. The maximum Gasteiger partial charge on any atom is -0.000719 e. The third-order valence-corrected chi connectivity index (χ3v) is 11.1. The van der Waals surface area contributed by atoms with Crippen LogP contribution in [0.15, 0.2) is 133 Å². The van der Waals surface area contributed by atoms with E-state index in [4.69, 9.17) is 0 Å². The van der Waals surface area contributed by atoms with E-state index < -0.39 is 0 Å². The average molecular weight is 613 g/mol. The van der Waals surface area contributed by atoms with Gasteiger partial charge in [-0.2, -0.15) is 0 Å². The molecule has 10 aromatic carbocycles. The van der Waals surface area contributed by atoms with Gasteiger partial charge in [-0.05, 0) is 127 Å². The maximum absolute atomic E-state index is 2.54. The lowest BCUT2D eigenvalue weighted by molar-refractivity contribution is 0.867. The van der Waals surface area contributed by atoms with Crippen LogP contribution in [0.3, 0.4) is 0 Å². The summed E-state index contributed by atoms with van der Waals surface area (Å²) in [6.07, 6.45) is 0. The van der Waals surface area contributed by atoms with Crippen LogP contribution >= 0.6 is 0 Å². The molecular weight excluding hydrogens is 577 g/mol. The Morgan fingerprint density at radius 2 is 0.771 bits per heavy atom. The normalized spacial score (nSPS) is 12.5. The van der Waals surface area contributed by atoms with Crippen molar-refractivity contribution in [3.63, 3.8) is 0 Å². The molecule has 0 fully saturated rings. The summed E-state index contributed by atoms with van der Waals surface area (Å²) in [5, 5.41) is 18.8. The fraction of sp³-hybridized carbons (Fsp3) is 0.125. The van der Waals surface area contributed by atoms with E-state index in [9.17, 15) is 0 Å². The Labute approximate surface area is 280 Å². The van der Waals surface area contributed by atoms with Gasteiger partial charge in [0, 0.05) is 0 Å². The summed E-state index contributed by atoms with van der Waals surface area (Å²) in [5.74, 6) is 0.963. The van der Waals surface area contributed by atoms with Crippen molar-refractivity contribution in [1.82, 2.24) is 0 Å². The van der Waals surface area contributed by atoms with E-state index in [1.807, 2.05) is 0 Å². The number of rotatable bonds is 4. The predicted molar refractivity (Wildman–Crippen MR) is 210 cm³/mol. The third kappa shape index (κ3) is 3.66. The predicted octanol–water partition coefficient (Wildman–Crippen LogP) is 14.2. The van der Waals surface area contributed by atoms with Gasteiger partial charge in [-0.3, -0.25) is 0 Å². The molecule has 0 aromatic heterocycles. The summed E-state index contributed by atoms with van der Waals surface area (Å²) in [7, 11) is 0. The zero-order valence-electron chi connectivity index (χ0n) is 27.9. The van der Waals surface area contributed by atoms with Crippen LogP contribution in [0.5, 0.6) is 0 Å². The first kappa shape index (κ1) is 27.6. The molecular formula is C48H36. The van der Waals surface area contributed by atoms with Crippen molar-refractivity contribution >= 4 is 75.4 Å². The fourth-order valence-electron chi connectivity index (χ4n) is 8.80. The molecule has 0 aliphatic carbocycles. The number of hydrogen-bond donors (Lipinski definition) is 0. The number of fused-ring (bicyclic) bond motifs is 8. The Balaban J connectivity index is 1.53. The lowest BCUT2D eigenvalue weighted by Gasteiger charge is -2.20. The van der Waals surface area contributed by atoms with Crippen LogP contribution < -0.4 is 0 Å². The van der Waals surface area contributed by atoms with Crippen LogP contribution in [0.1, 0.15) is 50.7 Å². The highest BCUT2D eigenvalue weighted by Gasteiger charge is 2.26. The van der Waals surface area contributed by atoms with Gasteiger partial charge in [-0.15, -0.1) is 0 Å². The topological polar surface area (TPSA) is 0 Å². The van der Waals surface area contributed by atoms with Crippen LogP contribution in [-0.4, -0.2) is 0 Å². The molecule has 0 atom stereocenters. The molecule has 0 saturated heterocycles. The Bertz CT molecular complexity index is 2840. The van der Waals surface area contributed by atoms with Crippen molar-refractivity contribution in [3.8, 4) is 22.3 Å². The van der Waals surface area contributed by atoms with E-state index in [1.165, 1.54) is 109 Å². The minimum Gasteiger partial charge on any atom is -0.0616 e. The molecule has 10 rings (SSSR count). The molecule has 48 heavy (non-hydrogen) atoms. The van der Waals surface area contributed by atoms with Gasteiger partial charge in [-0.1, -0.05) is 155 Å². The summed E-state index contributed by atoms with van der Waals surface area (Å²) in [6.45, 7) is 9.12. The van der Waals surface area contributed by atoms with Gasteiger partial charge in [0.2, 0.25) is 0 Å². The maximum atomic E-state index is 2.54. The molecule has 10 aromatic rings. The number of benzene rings is 8. The molecule has 0 amide bonds. The minimum atomic E-state index is 0.481. The number of hydrogen-bond acceptors (Lipinski definition) is 0. The molecule has 0 N–H and O–H groups in total. The lowest BCUT2D eigenvalue weighted by atomic mass is 9.83. The lowest BCUT2D eigenvalue weighted by Crippen LogP contribution is -1.93. The van der Waals surface area contributed by atoms with Crippen LogP contribution in [0, 0.1) is 0 Å². The highest BCUT2D eigenvalue weighted by atomic mass is 14.3. The van der Waals surface area contributed by atoms with Crippen molar-refractivity contribution < 1.29 is 0 Å². The van der Waals surface area contributed by atoms with Gasteiger partial charge in [0.1, 0.15) is 0 Å². The first-order chi connectivity index (χ1) is 23.5.